The Morgan fingerprint density at radius 2 is 2.31 bits per heavy atom. The molecule has 0 N–H and O–H groups in total. The van der Waals surface area contributed by atoms with Crippen LogP contribution in [-0.4, -0.2) is 14.8 Å². The molecule has 0 saturated heterocycles. The van der Waals surface area contributed by atoms with Gasteiger partial charge in [-0.25, -0.2) is 4.98 Å². The lowest BCUT2D eigenvalue weighted by molar-refractivity contribution is 0.654. The van der Waals surface area contributed by atoms with Gasteiger partial charge in [-0.15, -0.1) is 11.3 Å². The third-order valence-corrected chi connectivity index (χ3v) is 2.73. The van der Waals surface area contributed by atoms with Crippen LogP contribution in [0.25, 0.3) is 0 Å². The van der Waals surface area contributed by atoms with Gasteiger partial charge in [-0.2, -0.15) is 5.10 Å². The first kappa shape index (κ1) is 8.44. The Morgan fingerprint density at radius 1 is 1.46 bits per heavy atom. The van der Waals surface area contributed by atoms with E-state index in [1.807, 2.05) is 30.8 Å². The third kappa shape index (κ3) is 1.78. The molecule has 0 bridgehead atoms. The lowest BCUT2D eigenvalue weighted by Crippen LogP contribution is -2.03. The van der Waals surface area contributed by atoms with Crippen molar-refractivity contribution in [1.82, 2.24) is 14.8 Å². The van der Waals surface area contributed by atoms with E-state index in [0.29, 0.717) is 0 Å². The third-order valence-electron chi connectivity index (χ3n) is 1.91. The zero-order chi connectivity index (χ0) is 9.26. The standard InChI is InChI=1S/C9H11N3S/c1-7-3-4-10-12(7)5-9-6-13-8(2)11-9/h3-4,6H,5H2,1-2H3. The van der Waals surface area contributed by atoms with Crippen LogP contribution in [0.1, 0.15) is 16.4 Å². The molecule has 0 atom stereocenters. The fourth-order valence-corrected chi connectivity index (χ4v) is 1.80. The van der Waals surface area contributed by atoms with Gasteiger partial charge < -0.3 is 0 Å². The molecule has 68 valence electrons. The highest BCUT2D eigenvalue weighted by Gasteiger charge is 2.01. The van der Waals surface area contributed by atoms with E-state index in [2.05, 4.69) is 15.5 Å². The molecule has 3 nitrogen and oxygen atoms in total. The minimum Gasteiger partial charge on any atom is -0.264 e. The average molecular weight is 193 g/mol. The first-order chi connectivity index (χ1) is 6.25. The zero-order valence-electron chi connectivity index (χ0n) is 7.69. The summed E-state index contributed by atoms with van der Waals surface area (Å²) in [6.07, 6.45) is 1.81. The number of aryl methyl sites for hydroxylation is 2. The maximum absolute atomic E-state index is 4.38. The topological polar surface area (TPSA) is 30.7 Å². The van der Waals surface area contributed by atoms with Crippen LogP contribution >= 0.6 is 11.3 Å². The molecule has 13 heavy (non-hydrogen) atoms. The Balaban J connectivity index is 2.19. The molecule has 0 aliphatic rings. The molecule has 2 rings (SSSR count). The second-order valence-corrected chi connectivity index (χ2v) is 4.05. The van der Waals surface area contributed by atoms with Crippen molar-refractivity contribution in [3.8, 4) is 0 Å². The summed E-state index contributed by atoms with van der Waals surface area (Å²) in [5, 5.41) is 7.39. The maximum atomic E-state index is 4.38. The fraction of sp³-hybridized carbons (Fsp3) is 0.333. The summed E-state index contributed by atoms with van der Waals surface area (Å²) in [5.41, 5.74) is 2.26. The highest BCUT2D eigenvalue weighted by atomic mass is 32.1. The van der Waals surface area contributed by atoms with Gasteiger partial charge in [-0.05, 0) is 19.9 Å². The molecule has 2 heterocycles. The first-order valence-electron chi connectivity index (χ1n) is 4.15. The van der Waals surface area contributed by atoms with Crippen LogP contribution in [-0.2, 0) is 6.54 Å². The number of thiazole rings is 1. The molecule has 0 aliphatic heterocycles. The van der Waals surface area contributed by atoms with Gasteiger partial charge in [0.25, 0.3) is 0 Å². The van der Waals surface area contributed by atoms with Crippen LogP contribution in [0.2, 0.25) is 0 Å². The molecule has 0 spiro atoms. The molecule has 0 radical (unpaired) electrons. The molecule has 0 amide bonds. The summed E-state index contributed by atoms with van der Waals surface area (Å²) in [6.45, 7) is 4.85. The largest absolute Gasteiger partial charge is 0.264 e. The van der Waals surface area contributed by atoms with Crippen molar-refractivity contribution in [2.45, 2.75) is 20.4 Å². The number of hydrogen-bond acceptors (Lipinski definition) is 3. The Kier molecular flexibility index (Phi) is 2.14. The summed E-state index contributed by atoms with van der Waals surface area (Å²) in [6, 6.07) is 2.00. The Bertz CT molecular complexity index is 402. The molecule has 0 saturated carbocycles. The molecular weight excluding hydrogens is 182 g/mol. The van der Waals surface area contributed by atoms with Gasteiger partial charge >= 0.3 is 0 Å². The second kappa shape index (κ2) is 3.30. The number of aromatic nitrogens is 3. The van der Waals surface area contributed by atoms with Gasteiger partial charge in [0.05, 0.1) is 17.2 Å². The summed E-state index contributed by atoms with van der Waals surface area (Å²) < 4.78 is 1.95. The molecule has 2 aromatic heterocycles. The van der Waals surface area contributed by atoms with Crippen molar-refractivity contribution in [1.29, 1.82) is 0 Å². The minimum atomic E-state index is 0.781. The van der Waals surface area contributed by atoms with Crippen LogP contribution in [0.3, 0.4) is 0 Å². The van der Waals surface area contributed by atoms with E-state index in [1.54, 1.807) is 11.3 Å². The molecule has 0 unspecified atom stereocenters. The highest BCUT2D eigenvalue weighted by Crippen LogP contribution is 2.09. The Labute approximate surface area is 81.1 Å². The predicted molar refractivity (Wildman–Crippen MR) is 52.9 cm³/mol. The zero-order valence-corrected chi connectivity index (χ0v) is 8.51. The van der Waals surface area contributed by atoms with Gasteiger partial charge in [0.2, 0.25) is 0 Å². The highest BCUT2D eigenvalue weighted by molar-refractivity contribution is 7.09. The Morgan fingerprint density at radius 3 is 2.85 bits per heavy atom. The quantitative estimate of drug-likeness (QED) is 0.730. The van der Waals surface area contributed by atoms with Gasteiger partial charge in [0, 0.05) is 17.3 Å². The smallest absolute Gasteiger partial charge is 0.0898 e. The van der Waals surface area contributed by atoms with Gasteiger partial charge in [0.15, 0.2) is 0 Å². The van der Waals surface area contributed by atoms with E-state index >= 15 is 0 Å². The van der Waals surface area contributed by atoms with E-state index in [0.717, 1.165) is 17.2 Å². The first-order valence-corrected chi connectivity index (χ1v) is 5.03. The molecule has 0 aliphatic carbocycles. The van der Waals surface area contributed by atoms with Crippen LogP contribution in [0, 0.1) is 13.8 Å². The molecule has 0 aromatic carbocycles. The summed E-state index contributed by atoms with van der Waals surface area (Å²) in [5.74, 6) is 0. The molecule has 4 heteroatoms. The van der Waals surface area contributed by atoms with E-state index in [9.17, 15) is 0 Å². The van der Waals surface area contributed by atoms with Gasteiger partial charge in [-0.3, -0.25) is 4.68 Å². The average Bonchev–Trinajstić information content (AvgIpc) is 2.64. The fourth-order valence-electron chi connectivity index (χ4n) is 1.20. The predicted octanol–water partition coefficient (Wildman–Crippen LogP) is 2.00. The SMILES string of the molecule is Cc1nc(Cn2nccc2C)cs1. The molecule has 2 aromatic rings. The summed E-state index contributed by atoms with van der Waals surface area (Å²) in [4.78, 5) is 4.38. The molecular formula is C9H11N3S. The number of rotatable bonds is 2. The second-order valence-electron chi connectivity index (χ2n) is 2.99. The van der Waals surface area contributed by atoms with E-state index in [4.69, 9.17) is 0 Å². The monoisotopic (exact) mass is 193 g/mol. The van der Waals surface area contributed by atoms with Crippen molar-refractivity contribution in [2.24, 2.45) is 0 Å². The van der Waals surface area contributed by atoms with Crippen LogP contribution in [0.4, 0.5) is 0 Å². The van der Waals surface area contributed by atoms with Gasteiger partial charge in [0.1, 0.15) is 0 Å². The Hall–Kier alpha value is -1.16. The van der Waals surface area contributed by atoms with Gasteiger partial charge in [-0.1, -0.05) is 0 Å². The summed E-state index contributed by atoms with van der Waals surface area (Å²) in [7, 11) is 0. The molecule has 0 fully saturated rings. The normalized spacial score (nSPS) is 10.6. The van der Waals surface area contributed by atoms with Crippen molar-refractivity contribution < 1.29 is 0 Å². The van der Waals surface area contributed by atoms with Crippen molar-refractivity contribution in [3.05, 3.63) is 34.0 Å². The maximum Gasteiger partial charge on any atom is 0.0898 e. The van der Waals surface area contributed by atoms with Crippen molar-refractivity contribution in [2.75, 3.05) is 0 Å². The number of hydrogen-bond donors (Lipinski definition) is 0. The lowest BCUT2D eigenvalue weighted by Gasteiger charge is -1.99. The van der Waals surface area contributed by atoms with Crippen LogP contribution in [0.15, 0.2) is 17.6 Å². The van der Waals surface area contributed by atoms with Crippen molar-refractivity contribution in [3.63, 3.8) is 0 Å². The van der Waals surface area contributed by atoms with Crippen LogP contribution < -0.4 is 0 Å². The minimum absolute atomic E-state index is 0.781. The summed E-state index contributed by atoms with van der Waals surface area (Å²) >= 11 is 1.68. The van der Waals surface area contributed by atoms with E-state index in [-0.39, 0.29) is 0 Å². The van der Waals surface area contributed by atoms with Crippen molar-refractivity contribution >= 4 is 11.3 Å². The lowest BCUT2D eigenvalue weighted by atomic mass is 10.4. The van der Waals surface area contributed by atoms with Crippen LogP contribution in [0.5, 0.6) is 0 Å². The number of nitrogens with zero attached hydrogens (tertiary/aromatic N) is 3. The van der Waals surface area contributed by atoms with E-state index in [1.165, 1.54) is 5.69 Å². The van der Waals surface area contributed by atoms with E-state index < -0.39 is 0 Å².